The Morgan fingerprint density at radius 3 is 1.44 bits per heavy atom. The molecule has 0 saturated carbocycles. The van der Waals surface area contributed by atoms with Crippen LogP contribution in [0.4, 0.5) is 0 Å². The van der Waals surface area contributed by atoms with Crippen molar-refractivity contribution >= 4 is 23.6 Å². The minimum atomic E-state index is -1.07. The molecule has 2 aromatic rings. The lowest BCUT2D eigenvalue weighted by Crippen LogP contribution is -2.41. The molecular weight excluding hydrogens is 464 g/mol. The van der Waals surface area contributed by atoms with E-state index in [-0.39, 0.29) is 43.8 Å². The molecule has 2 aromatic heterocycles. The number of aromatic nitrogens is 2. The van der Waals surface area contributed by atoms with Gasteiger partial charge >= 0.3 is 5.97 Å². The molecule has 11 nitrogen and oxygen atoms in total. The lowest BCUT2D eigenvalue weighted by molar-refractivity contribution is -0.144. The van der Waals surface area contributed by atoms with Gasteiger partial charge in [-0.25, -0.2) is 0 Å². The SMILES string of the molecule is CC(=O)CN(C)C(=O)CN1Cc2cccc(n2)CN(CC(=O)N(C)CC(=O)O)Cc2cccc(n2)C1. The molecule has 11 heteroatoms. The number of fused-ring (bicyclic) bond motifs is 4. The van der Waals surface area contributed by atoms with Gasteiger partial charge in [-0.15, -0.1) is 0 Å². The number of carboxylic acid groups (broad SMARTS) is 1. The first-order chi connectivity index (χ1) is 17.1. The number of aliphatic carboxylic acids is 1. The van der Waals surface area contributed by atoms with Crippen molar-refractivity contribution < 1.29 is 24.3 Å². The molecule has 0 aromatic carbocycles. The minimum absolute atomic E-state index is 0.0186. The molecule has 4 bridgehead atoms. The summed E-state index contributed by atoms with van der Waals surface area (Å²) in [7, 11) is 3.08. The number of pyridine rings is 2. The first-order valence-corrected chi connectivity index (χ1v) is 11.6. The van der Waals surface area contributed by atoms with Crippen molar-refractivity contribution in [3.05, 3.63) is 59.2 Å². The molecule has 1 N–H and O–H groups in total. The third kappa shape index (κ3) is 8.21. The van der Waals surface area contributed by atoms with Gasteiger partial charge in [0.1, 0.15) is 12.3 Å². The van der Waals surface area contributed by atoms with Crippen LogP contribution >= 0.6 is 0 Å². The number of hydrogen-bond donors (Lipinski definition) is 1. The quantitative estimate of drug-likeness (QED) is 0.552. The van der Waals surface area contributed by atoms with Gasteiger partial charge in [-0.2, -0.15) is 0 Å². The number of rotatable bonds is 8. The van der Waals surface area contributed by atoms with Crippen LogP contribution in [0.25, 0.3) is 0 Å². The van der Waals surface area contributed by atoms with E-state index in [1.54, 1.807) is 7.05 Å². The minimum Gasteiger partial charge on any atom is -0.480 e. The summed E-state index contributed by atoms with van der Waals surface area (Å²) in [5, 5.41) is 9.01. The normalized spacial score (nSPS) is 14.3. The molecular formula is C25H32N6O5. The molecule has 0 spiro atoms. The number of carbonyl (C=O) groups excluding carboxylic acids is 3. The predicted molar refractivity (Wildman–Crippen MR) is 130 cm³/mol. The van der Waals surface area contributed by atoms with Gasteiger partial charge in [0.05, 0.1) is 42.4 Å². The van der Waals surface area contributed by atoms with E-state index >= 15 is 0 Å². The number of carbonyl (C=O) groups is 4. The predicted octanol–water partition coefficient (Wildman–Crippen LogP) is 0.385. The number of hydrogen-bond acceptors (Lipinski definition) is 8. The van der Waals surface area contributed by atoms with Gasteiger partial charge in [-0.3, -0.25) is 38.9 Å². The van der Waals surface area contributed by atoms with Crippen molar-refractivity contribution in [1.82, 2.24) is 29.6 Å². The molecule has 36 heavy (non-hydrogen) atoms. The van der Waals surface area contributed by atoms with E-state index in [2.05, 4.69) is 0 Å². The molecule has 2 amide bonds. The number of carboxylic acids is 1. The summed E-state index contributed by atoms with van der Waals surface area (Å²) < 4.78 is 0. The maximum atomic E-state index is 12.8. The zero-order chi connectivity index (χ0) is 26.2. The van der Waals surface area contributed by atoms with E-state index in [4.69, 9.17) is 15.1 Å². The summed E-state index contributed by atoms with van der Waals surface area (Å²) in [4.78, 5) is 63.8. The Kier molecular flexibility index (Phi) is 9.20. The molecule has 0 saturated heterocycles. The molecule has 1 aliphatic rings. The van der Waals surface area contributed by atoms with Gasteiger partial charge in [0.2, 0.25) is 11.8 Å². The maximum Gasteiger partial charge on any atom is 0.323 e. The second-order valence-corrected chi connectivity index (χ2v) is 9.13. The Bertz CT molecular complexity index is 994. The van der Waals surface area contributed by atoms with Crippen molar-refractivity contribution in [3.8, 4) is 0 Å². The van der Waals surface area contributed by atoms with Crippen molar-refractivity contribution in [2.24, 2.45) is 0 Å². The highest BCUT2D eigenvalue weighted by atomic mass is 16.4. The fourth-order valence-corrected chi connectivity index (χ4v) is 4.00. The van der Waals surface area contributed by atoms with Gasteiger partial charge in [0.15, 0.2) is 0 Å². The molecule has 3 rings (SSSR count). The van der Waals surface area contributed by atoms with E-state index < -0.39 is 5.97 Å². The van der Waals surface area contributed by atoms with E-state index in [1.807, 2.05) is 46.2 Å². The maximum absolute atomic E-state index is 12.8. The Morgan fingerprint density at radius 2 is 1.11 bits per heavy atom. The van der Waals surface area contributed by atoms with Gasteiger partial charge in [-0.1, -0.05) is 12.1 Å². The summed E-state index contributed by atoms with van der Waals surface area (Å²) in [6.45, 7) is 2.81. The highest BCUT2D eigenvalue weighted by Gasteiger charge is 2.21. The molecule has 0 aliphatic carbocycles. The summed E-state index contributed by atoms with van der Waals surface area (Å²) in [6.07, 6.45) is 0. The number of nitrogens with zero attached hydrogens (tertiary/aromatic N) is 6. The summed E-state index contributed by atoms with van der Waals surface area (Å²) >= 11 is 0. The molecule has 0 fully saturated rings. The van der Waals surface area contributed by atoms with E-state index in [0.29, 0.717) is 26.2 Å². The molecule has 3 heterocycles. The zero-order valence-corrected chi connectivity index (χ0v) is 20.9. The number of Topliss-reactive ketones (excluding diaryl/α,β-unsaturated/α-hetero) is 1. The first-order valence-electron chi connectivity index (χ1n) is 11.6. The Morgan fingerprint density at radius 1 is 0.750 bits per heavy atom. The highest BCUT2D eigenvalue weighted by molar-refractivity contribution is 5.85. The molecule has 0 atom stereocenters. The summed E-state index contributed by atoms with van der Waals surface area (Å²) in [5.41, 5.74) is 3.02. The van der Waals surface area contributed by atoms with Crippen molar-refractivity contribution in [1.29, 1.82) is 0 Å². The van der Waals surface area contributed by atoms with Crippen LogP contribution in [0.1, 0.15) is 29.7 Å². The summed E-state index contributed by atoms with van der Waals surface area (Å²) in [6, 6.07) is 11.3. The fourth-order valence-electron chi connectivity index (χ4n) is 4.00. The van der Waals surface area contributed by atoms with Crippen LogP contribution in [0.5, 0.6) is 0 Å². The Hall–Kier alpha value is -3.70. The average Bonchev–Trinajstić information content (AvgIpc) is 2.78. The van der Waals surface area contributed by atoms with Crippen LogP contribution < -0.4 is 0 Å². The monoisotopic (exact) mass is 496 g/mol. The smallest absolute Gasteiger partial charge is 0.323 e. The van der Waals surface area contributed by atoms with Crippen LogP contribution in [-0.4, -0.2) is 98.5 Å². The van der Waals surface area contributed by atoms with Crippen LogP contribution in [0.15, 0.2) is 36.4 Å². The summed E-state index contributed by atoms with van der Waals surface area (Å²) in [5.74, 6) is -1.63. The van der Waals surface area contributed by atoms with E-state index in [1.165, 1.54) is 23.8 Å². The van der Waals surface area contributed by atoms with Crippen LogP contribution in [0, 0.1) is 0 Å². The van der Waals surface area contributed by atoms with Crippen LogP contribution in [0.3, 0.4) is 0 Å². The van der Waals surface area contributed by atoms with Gasteiger partial charge in [0, 0.05) is 40.3 Å². The number of likely N-dealkylation sites (N-methyl/N-ethyl adjacent to an activating group) is 2. The van der Waals surface area contributed by atoms with Crippen molar-refractivity contribution in [3.63, 3.8) is 0 Å². The standard InChI is InChI=1S/C25H32N6O5/c1-18(32)10-28(2)23(33)15-30-11-19-6-4-8-21(26-19)13-31(16-24(34)29(3)17-25(35)36)14-22-9-5-7-20(12-30)27-22/h4-9H,10-17H2,1-3H3,(H,35,36). The second-order valence-electron chi connectivity index (χ2n) is 9.13. The highest BCUT2D eigenvalue weighted by Crippen LogP contribution is 2.14. The molecule has 192 valence electrons. The lowest BCUT2D eigenvalue weighted by Gasteiger charge is -2.27. The van der Waals surface area contributed by atoms with Gasteiger partial charge < -0.3 is 14.9 Å². The molecule has 0 unspecified atom stereocenters. The van der Waals surface area contributed by atoms with E-state index in [0.717, 1.165) is 22.8 Å². The topological polar surface area (TPSA) is 127 Å². The molecule has 0 radical (unpaired) electrons. The Balaban J connectivity index is 1.84. The number of amides is 2. The van der Waals surface area contributed by atoms with Gasteiger partial charge in [-0.05, 0) is 31.2 Å². The second kappa shape index (κ2) is 12.3. The van der Waals surface area contributed by atoms with Crippen molar-refractivity contribution in [2.45, 2.75) is 33.1 Å². The fraction of sp³-hybridized carbons (Fsp3) is 0.440. The van der Waals surface area contributed by atoms with Crippen molar-refractivity contribution in [2.75, 3.05) is 40.3 Å². The van der Waals surface area contributed by atoms with Crippen LogP contribution in [-0.2, 0) is 45.4 Å². The third-order valence-corrected chi connectivity index (χ3v) is 5.67. The van der Waals surface area contributed by atoms with E-state index in [9.17, 15) is 19.2 Å². The average molecular weight is 497 g/mol. The Labute approximate surface area is 210 Å². The first kappa shape index (κ1) is 26.9. The number of ketones is 1. The largest absolute Gasteiger partial charge is 0.480 e. The lowest BCUT2D eigenvalue weighted by atomic mass is 10.2. The third-order valence-electron chi connectivity index (χ3n) is 5.67. The van der Waals surface area contributed by atoms with Crippen LogP contribution in [0.2, 0.25) is 0 Å². The zero-order valence-electron chi connectivity index (χ0n) is 20.9. The molecule has 1 aliphatic heterocycles. The van der Waals surface area contributed by atoms with Gasteiger partial charge in [0.25, 0.3) is 0 Å².